The minimum Gasteiger partial charge on any atom is -0.326 e. The molecule has 0 bridgehead atoms. The summed E-state index contributed by atoms with van der Waals surface area (Å²) in [7, 11) is 0. The Kier molecular flexibility index (Phi) is 4.32. The highest BCUT2D eigenvalue weighted by atomic mass is 15.4. The van der Waals surface area contributed by atoms with Crippen molar-refractivity contribution in [3.8, 4) is 0 Å². The van der Waals surface area contributed by atoms with Gasteiger partial charge in [0, 0.05) is 6.20 Å². The number of hydrazine groups is 1. The molecular weight excluding hydrogens is 188 g/mol. The maximum absolute atomic E-state index is 5.36. The molecule has 1 aliphatic rings. The van der Waals surface area contributed by atoms with Gasteiger partial charge in [0.2, 0.25) is 0 Å². The second-order valence-electron chi connectivity index (χ2n) is 4.37. The normalized spacial score (nSPS) is 29.5. The van der Waals surface area contributed by atoms with E-state index in [1.54, 1.807) is 0 Å². The van der Waals surface area contributed by atoms with Gasteiger partial charge in [0.15, 0.2) is 0 Å². The zero-order valence-corrected chi connectivity index (χ0v) is 9.75. The van der Waals surface area contributed by atoms with Crippen molar-refractivity contribution in [1.29, 1.82) is 0 Å². The van der Waals surface area contributed by atoms with E-state index in [2.05, 4.69) is 37.7 Å². The van der Waals surface area contributed by atoms with Gasteiger partial charge in [-0.05, 0) is 30.8 Å². The molecule has 0 aromatic carbocycles. The van der Waals surface area contributed by atoms with E-state index in [0.29, 0.717) is 11.8 Å². The number of nitrogens with one attached hydrogen (secondary N) is 2. The van der Waals surface area contributed by atoms with Gasteiger partial charge in [-0.25, -0.2) is 5.43 Å². The molecule has 4 heteroatoms. The maximum Gasteiger partial charge on any atom is 0.123 e. The summed E-state index contributed by atoms with van der Waals surface area (Å²) < 4.78 is 0. The van der Waals surface area contributed by atoms with E-state index in [1.807, 2.05) is 6.20 Å². The lowest BCUT2D eigenvalue weighted by Crippen LogP contribution is -2.50. The highest BCUT2D eigenvalue weighted by molar-refractivity contribution is 5.23. The van der Waals surface area contributed by atoms with E-state index in [-0.39, 0.29) is 0 Å². The molecular formula is C11H22N4. The highest BCUT2D eigenvalue weighted by Crippen LogP contribution is 2.32. The van der Waals surface area contributed by atoms with Crippen molar-refractivity contribution in [2.24, 2.45) is 23.3 Å². The van der Waals surface area contributed by atoms with Gasteiger partial charge in [0.05, 0.1) is 0 Å². The van der Waals surface area contributed by atoms with E-state index in [4.69, 9.17) is 11.5 Å². The molecule has 0 saturated carbocycles. The first-order valence-electron chi connectivity index (χ1n) is 5.40. The van der Waals surface area contributed by atoms with Crippen molar-refractivity contribution in [2.45, 2.75) is 33.5 Å². The van der Waals surface area contributed by atoms with Crippen LogP contribution in [0, 0.1) is 11.8 Å². The summed E-state index contributed by atoms with van der Waals surface area (Å²) >= 11 is 0. The zero-order valence-electron chi connectivity index (χ0n) is 9.75. The summed E-state index contributed by atoms with van der Waals surface area (Å²) in [5.41, 5.74) is 19.3. The van der Waals surface area contributed by atoms with Crippen LogP contribution in [0.3, 0.4) is 0 Å². The lowest BCUT2D eigenvalue weighted by Gasteiger charge is -2.26. The fourth-order valence-corrected chi connectivity index (χ4v) is 2.14. The van der Waals surface area contributed by atoms with E-state index in [9.17, 15) is 0 Å². The molecule has 0 amide bonds. The first kappa shape index (κ1) is 12.2. The van der Waals surface area contributed by atoms with Crippen molar-refractivity contribution < 1.29 is 0 Å². The van der Waals surface area contributed by atoms with Gasteiger partial charge < -0.3 is 16.9 Å². The van der Waals surface area contributed by atoms with Crippen LogP contribution < -0.4 is 22.3 Å². The third-order valence-corrected chi connectivity index (χ3v) is 2.75. The Balaban J connectivity index is 2.60. The molecule has 1 aliphatic carbocycles. The van der Waals surface area contributed by atoms with Crippen LogP contribution in [0.5, 0.6) is 0 Å². The molecule has 0 radical (unpaired) electrons. The van der Waals surface area contributed by atoms with Crippen molar-refractivity contribution in [1.82, 2.24) is 10.9 Å². The number of rotatable bonds is 3. The Morgan fingerprint density at radius 1 is 1.47 bits per heavy atom. The molecule has 1 rings (SSSR count). The lowest BCUT2D eigenvalue weighted by atomic mass is 9.80. The Labute approximate surface area is 91.8 Å². The molecule has 2 atom stereocenters. The van der Waals surface area contributed by atoms with Gasteiger partial charge in [-0.1, -0.05) is 25.5 Å². The number of hydrogen-bond acceptors (Lipinski definition) is 4. The van der Waals surface area contributed by atoms with Gasteiger partial charge >= 0.3 is 0 Å². The van der Waals surface area contributed by atoms with Crippen LogP contribution in [-0.2, 0) is 0 Å². The molecule has 0 aromatic rings. The Bertz CT molecular complexity index is 268. The van der Waals surface area contributed by atoms with Gasteiger partial charge in [0.25, 0.3) is 0 Å². The van der Waals surface area contributed by atoms with Crippen LogP contribution >= 0.6 is 0 Å². The quantitative estimate of drug-likeness (QED) is 0.315. The van der Waals surface area contributed by atoms with Crippen LogP contribution in [0.25, 0.3) is 0 Å². The predicted octanol–water partition coefficient (Wildman–Crippen LogP) is 0.788. The number of hydrogen-bond donors (Lipinski definition) is 4. The summed E-state index contributed by atoms with van der Waals surface area (Å²) in [4.78, 5) is 0. The molecule has 2 unspecified atom stereocenters. The van der Waals surface area contributed by atoms with Crippen molar-refractivity contribution in [3.63, 3.8) is 0 Å². The van der Waals surface area contributed by atoms with E-state index < -0.39 is 6.29 Å². The second kappa shape index (κ2) is 5.30. The third-order valence-electron chi connectivity index (χ3n) is 2.75. The van der Waals surface area contributed by atoms with Gasteiger partial charge in [-0.3, -0.25) is 0 Å². The standard InChI is InChI=1S/C11H22N4/c1-7-4-8(2)10(9(3)5-7)6-14-15-11(12)13/h4,6,8-9,11,14-15H,5,12-13H2,1-3H3. The molecule has 15 heavy (non-hydrogen) atoms. The van der Waals surface area contributed by atoms with Crippen molar-refractivity contribution in [2.75, 3.05) is 0 Å². The minimum absolute atomic E-state index is 0.483. The maximum atomic E-state index is 5.36. The molecule has 0 saturated heterocycles. The average molecular weight is 210 g/mol. The van der Waals surface area contributed by atoms with E-state index >= 15 is 0 Å². The summed E-state index contributed by atoms with van der Waals surface area (Å²) in [5.74, 6) is 1.06. The zero-order chi connectivity index (χ0) is 11.4. The second-order valence-corrected chi connectivity index (χ2v) is 4.37. The molecule has 0 aromatic heterocycles. The average Bonchev–Trinajstić information content (AvgIpc) is 2.08. The SMILES string of the molecule is CC1=CC(C)C(=CNNC(N)N)C(C)C1. The predicted molar refractivity (Wildman–Crippen MR) is 63.2 cm³/mol. The Morgan fingerprint density at radius 3 is 2.67 bits per heavy atom. The summed E-state index contributed by atoms with van der Waals surface area (Å²) in [6.07, 6.45) is 4.88. The molecule has 4 nitrogen and oxygen atoms in total. The molecule has 0 fully saturated rings. The molecule has 0 aliphatic heterocycles. The molecule has 0 spiro atoms. The van der Waals surface area contributed by atoms with Gasteiger partial charge in [-0.15, -0.1) is 0 Å². The fraction of sp³-hybridized carbons (Fsp3) is 0.636. The fourth-order valence-electron chi connectivity index (χ4n) is 2.14. The summed E-state index contributed by atoms with van der Waals surface area (Å²) in [5, 5.41) is 0. The number of nitrogens with two attached hydrogens (primary N) is 2. The Hall–Kier alpha value is -0.840. The molecule has 86 valence electrons. The smallest absolute Gasteiger partial charge is 0.123 e. The third kappa shape index (κ3) is 3.66. The van der Waals surface area contributed by atoms with Crippen LogP contribution in [0.15, 0.2) is 23.4 Å². The van der Waals surface area contributed by atoms with Crippen LogP contribution in [-0.4, -0.2) is 6.29 Å². The minimum atomic E-state index is -0.534. The first-order valence-corrected chi connectivity index (χ1v) is 5.40. The highest BCUT2D eigenvalue weighted by Gasteiger charge is 2.19. The monoisotopic (exact) mass is 210 g/mol. The largest absolute Gasteiger partial charge is 0.326 e. The van der Waals surface area contributed by atoms with Crippen LogP contribution in [0.4, 0.5) is 0 Å². The van der Waals surface area contributed by atoms with E-state index in [1.165, 1.54) is 11.1 Å². The number of allylic oxidation sites excluding steroid dienone is 3. The topological polar surface area (TPSA) is 76.1 Å². The van der Waals surface area contributed by atoms with Crippen LogP contribution in [0.2, 0.25) is 0 Å². The van der Waals surface area contributed by atoms with Gasteiger partial charge in [-0.2, -0.15) is 0 Å². The summed E-state index contributed by atoms with van der Waals surface area (Å²) in [6, 6.07) is 0. The lowest BCUT2D eigenvalue weighted by molar-refractivity contribution is 0.487. The van der Waals surface area contributed by atoms with Crippen molar-refractivity contribution >= 4 is 0 Å². The molecule has 6 N–H and O–H groups in total. The van der Waals surface area contributed by atoms with E-state index in [0.717, 1.165) is 6.42 Å². The van der Waals surface area contributed by atoms with Crippen molar-refractivity contribution in [3.05, 3.63) is 23.4 Å². The van der Waals surface area contributed by atoms with Crippen LogP contribution in [0.1, 0.15) is 27.2 Å². The first-order chi connectivity index (χ1) is 7.00. The Morgan fingerprint density at radius 2 is 2.13 bits per heavy atom. The molecule has 0 heterocycles. The summed E-state index contributed by atoms with van der Waals surface area (Å²) in [6.45, 7) is 6.63. The van der Waals surface area contributed by atoms with Gasteiger partial charge in [0.1, 0.15) is 6.29 Å².